The fourth-order valence-corrected chi connectivity index (χ4v) is 3.69. The molecule has 0 unspecified atom stereocenters. The van der Waals surface area contributed by atoms with Gasteiger partial charge in [-0.3, -0.25) is 4.98 Å². The largest absolute Gasteiger partial charge is 0.496 e. The van der Waals surface area contributed by atoms with Crippen molar-refractivity contribution in [1.82, 2.24) is 15.0 Å². The number of benzene rings is 1. The van der Waals surface area contributed by atoms with Crippen LogP contribution in [0.5, 0.6) is 5.75 Å². The monoisotopic (exact) mass is 348 g/mol. The average molecular weight is 348 g/mol. The molecule has 1 N–H and O–H groups in total. The standard InChI is InChI=1S/C19H16N4OS/c1-24-16-5-3-2-4-14(16)17-10-15-18(22-12-23-19(15)25-17)21-11-13-6-8-20-9-7-13/h2-10,12H,11H2,1H3,(H,21,22,23). The number of nitrogens with zero attached hydrogens (tertiary/aromatic N) is 3. The normalized spacial score (nSPS) is 10.8. The molecular weight excluding hydrogens is 332 g/mol. The Labute approximate surface area is 149 Å². The maximum atomic E-state index is 5.48. The third kappa shape index (κ3) is 3.16. The van der Waals surface area contributed by atoms with Gasteiger partial charge in [0.05, 0.1) is 12.5 Å². The summed E-state index contributed by atoms with van der Waals surface area (Å²) < 4.78 is 5.48. The van der Waals surface area contributed by atoms with Crippen LogP contribution >= 0.6 is 11.3 Å². The van der Waals surface area contributed by atoms with E-state index in [1.807, 2.05) is 30.3 Å². The Morgan fingerprint density at radius 3 is 2.76 bits per heavy atom. The molecule has 4 aromatic rings. The number of aromatic nitrogens is 3. The lowest BCUT2D eigenvalue weighted by molar-refractivity contribution is 0.416. The highest BCUT2D eigenvalue weighted by Gasteiger charge is 2.12. The van der Waals surface area contributed by atoms with Crippen LogP contribution in [0.4, 0.5) is 5.82 Å². The van der Waals surface area contributed by atoms with Gasteiger partial charge in [0.1, 0.15) is 22.7 Å². The Balaban J connectivity index is 1.69. The van der Waals surface area contributed by atoms with Gasteiger partial charge in [0, 0.05) is 29.4 Å². The summed E-state index contributed by atoms with van der Waals surface area (Å²) in [6.07, 6.45) is 5.17. The molecule has 3 aromatic heterocycles. The second-order valence-corrected chi connectivity index (χ2v) is 6.49. The second kappa shape index (κ2) is 6.86. The van der Waals surface area contributed by atoms with E-state index in [0.29, 0.717) is 6.54 Å². The van der Waals surface area contributed by atoms with Gasteiger partial charge in [-0.05, 0) is 35.9 Å². The van der Waals surface area contributed by atoms with Gasteiger partial charge in [0.15, 0.2) is 0 Å². The first-order valence-corrected chi connectivity index (χ1v) is 8.67. The molecule has 0 radical (unpaired) electrons. The fourth-order valence-electron chi connectivity index (χ4n) is 2.66. The van der Waals surface area contributed by atoms with E-state index in [9.17, 15) is 0 Å². The first-order valence-electron chi connectivity index (χ1n) is 7.86. The number of anilines is 1. The van der Waals surface area contributed by atoms with Crippen molar-refractivity contribution >= 4 is 27.4 Å². The van der Waals surface area contributed by atoms with E-state index >= 15 is 0 Å². The number of ether oxygens (including phenoxy) is 1. The number of methoxy groups -OCH3 is 1. The van der Waals surface area contributed by atoms with Crippen LogP contribution in [-0.4, -0.2) is 22.1 Å². The predicted molar refractivity (Wildman–Crippen MR) is 101 cm³/mol. The van der Waals surface area contributed by atoms with Crippen molar-refractivity contribution in [1.29, 1.82) is 0 Å². The van der Waals surface area contributed by atoms with Crippen LogP contribution in [0.3, 0.4) is 0 Å². The van der Waals surface area contributed by atoms with E-state index in [-0.39, 0.29) is 0 Å². The SMILES string of the molecule is COc1ccccc1-c1cc2c(NCc3ccncc3)ncnc2s1. The lowest BCUT2D eigenvalue weighted by Crippen LogP contribution is -2.01. The third-order valence-electron chi connectivity index (χ3n) is 3.91. The molecule has 1 aromatic carbocycles. The van der Waals surface area contributed by atoms with Gasteiger partial charge >= 0.3 is 0 Å². The third-order valence-corrected chi connectivity index (χ3v) is 4.99. The number of nitrogens with one attached hydrogen (secondary N) is 1. The highest BCUT2D eigenvalue weighted by Crippen LogP contribution is 2.38. The van der Waals surface area contributed by atoms with Crippen molar-refractivity contribution in [2.24, 2.45) is 0 Å². The van der Waals surface area contributed by atoms with Gasteiger partial charge in [0.25, 0.3) is 0 Å². The van der Waals surface area contributed by atoms with E-state index in [1.165, 1.54) is 0 Å². The molecule has 0 spiro atoms. The first-order chi connectivity index (χ1) is 12.3. The highest BCUT2D eigenvalue weighted by atomic mass is 32.1. The Kier molecular flexibility index (Phi) is 4.26. The topological polar surface area (TPSA) is 59.9 Å². The summed E-state index contributed by atoms with van der Waals surface area (Å²) in [7, 11) is 1.69. The number of para-hydroxylation sites is 1. The van der Waals surface area contributed by atoms with Crippen molar-refractivity contribution in [3.05, 3.63) is 66.7 Å². The molecular formula is C19H16N4OS. The van der Waals surface area contributed by atoms with E-state index in [2.05, 4.69) is 32.4 Å². The Bertz CT molecular complexity index is 1000. The molecule has 5 nitrogen and oxygen atoms in total. The van der Waals surface area contributed by atoms with Gasteiger partial charge in [-0.2, -0.15) is 0 Å². The van der Waals surface area contributed by atoms with Crippen molar-refractivity contribution in [3.63, 3.8) is 0 Å². The average Bonchev–Trinajstić information content (AvgIpc) is 3.12. The summed E-state index contributed by atoms with van der Waals surface area (Å²) in [6, 6.07) is 14.1. The maximum absolute atomic E-state index is 5.48. The van der Waals surface area contributed by atoms with Crippen molar-refractivity contribution in [2.75, 3.05) is 12.4 Å². The molecule has 0 bridgehead atoms. The van der Waals surface area contributed by atoms with Crippen LogP contribution in [-0.2, 0) is 6.54 Å². The molecule has 6 heteroatoms. The zero-order chi connectivity index (χ0) is 17.1. The summed E-state index contributed by atoms with van der Waals surface area (Å²) in [5, 5.41) is 4.41. The Morgan fingerprint density at radius 2 is 1.92 bits per heavy atom. The molecule has 124 valence electrons. The Morgan fingerprint density at radius 1 is 1.08 bits per heavy atom. The van der Waals surface area contributed by atoms with Crippen molar-refractivity contribution in [2.45, 2.75) is 6.54 Å². The zero-order valence-electron chi connectivity index (χ0n) is 13.6. The predicted octanol–water partition coefficient (Wildman–Crippen LogP) is 4.37. The molecule has 25 heavy (non-hydrogen) atoms. The lowest BCUT2D eigenvalue weighted by atomic mass is 10.1. The molecule has 0 saturated carbocycles. The van der Waals surface area contributed by atoms with E-state index in [0.717, 1.165) is 37.8 Å². The number of hydrogen-bond donors (Lipinski definition) is 1. The van der Waals surface area contributed by atoms with Gasteiger partial charge in [0.2, 0.25) is 0 Å². The molecule has 0 fully saturated rings. The fraction of sp³-hybridized carbons (Fsp3) is 0.105. The molecule has 0 aliphatic carbocycles. The van der Waals surface area contributed by atoms with Gasteiger partial charge in [-0.25, -0.2) is 9.97 Å². The Hall–Kier alpha value is -2.99. The number of rotatable bonds is 5. The smallest absolute Gasteiger partial charge is 0.138 e. The highest BCUT2D eigenvalue weighted by molar-refractivity contribution is 7.22. The lowest BCUT2D eigenvalue weighted by Gasteiger charge is -2.06. The molecule has 0 atom stereocenters. The molecule has 0 saturated heterocycles. The maximum Gasteiger partial charge on any atom is 0.138 e. The van der Waals surface area contributed by atoms with Crippen LogP contribution in [0.1, 0.15) is 5.56 Å². The minimum atomic E-state index is 0.689. The minimum absolute atomic E-state index is 0.689. The van der Waals surface area contributed by atoms with Crippen LogP contribution in [0, 0.1) is 0 Å². The van der Waals surface area contributed by atoms with Crippen molar-refractivity contribution in [3.8, 4) is 16.2 Å². The molecule has 3 heterocycles. The zero-order valence-corrected chi connectivity index (χ0v) is 14.5. The van der Waals surface area contributed by atoms with Crippen LogP contribution in [0.2, 0.25) is 0 Å². The van der Waals surface area contributed by atoms with Crippen LogP contribution in [0.25, 0.3) is 20.7 Å². The molecule has 4 rings (SSSR count). The van der Waals surface area contributed by atoms with Gasteiger partial charge in [-0.15, -0.1) is 11.3 Å². The summed E-state index contributed by atoms with van der Waals surface area (Å²) in [4.78, 5) is 14.9. The number of thiophene rings is 1. The summed E-state index contributed by atoms with van der Waals surface area (Å²) in [5.74, 6) is 1.69. The van der Waals surface area contributed by atoms with E-state index < -0.39 is 0 Å². The molecule has 0 aliphatic rings. The van der Waals surface area contributed by atoms with Crippen LogP contribution < -0.4 is 10.1 Å². The van der Waals surface area contributed by atoms with Crippen molar-refractivity contribution < 1.29 is 4.74 Å². The quantitative estimate of drug-likeness (QED) is 0.580. The number of hydrogen-bond acceptors (Lipinski definition) is 6. The number of pyridine rings is 1. The summed E-state index contributed by atoms with van der Waals surface area (Å²) >= 11 is 1.63. The second-order valence-electron chi connectivity index (χ2n) is 5.46. The molecule has 0 amide bonds. The number of fused-ring (bicyclic) bond motifs is 1. The van der Waals surface area contributed by atoms with Gasteiger partial charge < -0.3 is 10.1 Å². The minimum Gasteiger partial charge on any atom is -0.496 e. The summed E-state index contributed by atoms with van der Waals surface area (Å²) in [6.45, 7) is 0.689. The van der Waals surface area contributed by atoms with Crippen LogP contribution in [0.15, 0.2) is 61.2 Å². The summed E-state index contributed by atoms with van der Waals surface area (Å²) in [5.41, 5.74) is 2.22. The molecule has 0 aliphatic heterocycles. The first kappa shape index (κ1) is 15.5. The van der Waals surface area contributed by atoms with Gasteiger partial charge in [-0.1, -0.05) is 12.1 Å². The van der Waals surface area contributed by atoms with E-state index in [4.69, 9.17) is 4.74 Å². The van der Waals surface area contributed by atoms with E-state index in [1.54, 1.807) is 37.2 Å².